The van der Waals surface area contributed by atoms with Crippen LogP contribution >= 0.6 is 0 Å². The van der Waals surface area contributed by atoms with Crippen LogP contribution in [0.5, 0.6) is 0 Å². The topological polar surface area (TPSA) is 51.3 Å². The number of rotatable bonds is 8. The second-order valence-electron chi connectivity index (χ2n) is 11.7. The third kappa shape index (κ3) is 4.84. The number of fused-ring (bicyclic) bond motifs is 1. The molecule has 0 bridgehead atoms. The van der Waals surface area contributed by atoms with Crippen molar-refractivity contribution in [1.29, 1.82) is 0 Å². The highest BCUT2D eigenvalue weighted by Gasteiger charge is 2.41. The second-order valence-corrected chi connectivity index (χ2v) is 11.7. The van der Waals surface area contributed by atoms with Crippen LogP contribution in [0.4, 0.5) is 10.5 Å². The summed E-state index contributed by atoms with van der Waals surface area (Å²) in [5.74, 6) is 0.579. The minimum absolute atomic E-state index is 0.144. The Kier molecular flexibility index (Phi) is 7.34. The number of hydrogen-bond acceptors (Lipinski definition) is 1. The lowest BCUT2D eigenvalue weighted by atomic mass is 9.77. The number of nitrogens with two attached hydrogens (primary N) is 1. The fraction of sp³-hybridized carbons (Fsp3) is 0.382. The van der Waals surface area contributed by atoms with Crippen molar-refractivity contribution in [3.05, 3.63) is 101 Å². The quantitative estimate of drug-likeness (QED) is 0.256. The Labute approximate surface area is 227 Å². The monoisotopic (exact) mass is 507 g/mol. The average Bonchev–Trinajstić information content (AvgIpc) is 3.53. The number of carbonyl (C=O) groups is 1. The molecule has 198 valence electrons. The third-order valence-corrected chi connectivity index (χ3v) is 8.46. The highest BCUT2D eigenvalue weighted by Crippen LogP contribution is 2.47. The molecule has 0 aliphatic heterocycles. The van der Waals surface area contributed by atoms with Crippen molar-refractivity contribution >= 4 is 22.6 Å². The summed E-state index contributed by atoms with van der Waals surface area (Å²) in [6.07, 6.45) is 6.79. The molecule has 38 heavy (non-hydrogen) atoms. The zero-order valence-electron chi connectivity index (χ0n) is 23.3. The van der Waals surface area contributed by atoms with Crippen LogP contribution in [-0.4, -0.2) is 17.1 Å². The Balaban J connectivity index is 1.64. The molecule has 1 aromatic heterocycles. The lowest BCUT2D eigenvalue weighted by Gasteiger charge is -2.37. The van der Waals surface area contributed by atoms with E-state index in [1.54, 1.807) is 0 Å². The maximum Gasteiger partial charge on any atom is 0.319 e. The van der Waals surface area contributed by atoms with Gasteiger partial charge in [0, 0.05) is 35.6 Å². The van der Waals surface area contributed by atoms with Gasteiger partial charge in [-0.3, -0.25) is 4.90 Å². The zero-order chi connectivity index (χ0) is 26.9. The standard InChI is InChI=1S/C34H41N3O/c1-24(2)27-16-12-17-28(25(3)4)32(27)37(33(35)38)23-34(19-10-11-20-34)30-22-36(21-26-13-6-5-7-14-26)31-18-9-8-15-29(30)31/h5-9,12-18,22,24-25H,10-11,19-21,23H2,1-4H3,(H2,35,38). The van der Waals surface area contributed by atoms with Gasteiger partial charge in [-0.15, -0.1) is 0 Å². The van der Waals surface area contributed by atoms with Gasteiger partial charge in [-0.25, -0.2) is 4.79 Å². The molecule has 1 saturated carbocycles. The van der Waals surface area contributed by atoms with Crippen molar-refractivity contribution in [1.82, 2.24) is 4.57 Å². The molecule has 0 unspecified atom stereocenters. The number of carbonyl (C=O) groups excluding carboxylic acids is 1. The van der Waals surface area contributed by atoms with Crippen LogP contribution in [0.1, 0.15) is 87.5 Å². The number of para-hydroxylation sites is 2. The van der Waals surface area contributed by atoms with Crippen LogP contribution in [0.15, 0.2) is 79.0 Å². The van der Waals surface area contributed by atoms with Crippen LogP contribution in [0, 0.1) is 0 Å². The summed E-state index contributed by atoms with van der Waals surface area (Å²) in [5.41, 5.74) is 13.4. The van der Waals surface area contributed by atoms with Crippen molar-refractivity contribution in [3.63, 3.8) is 0 Å². The van der Waals surface area contributed by atoms with Crippen LogP contribution in [-0.2, 0) is 12.0 Å². The van der Waals surface area contributed by atoms with Crippen molar-refractivity contribution in [2.45, 2.75) is 77.2 Å². The number of benzene rings is 3. The fourth-order valence-electron chi connectivity index (χ4n) is 6.54. The maximum atomic E-state index is 13.3. The largest absolute Gasteiger partial charge is 0.351 e. The van der Waals surface area contributed by atoms with E-state index in [1.165, 1.54) is 33.2 Å². The minimum atomic E-state index is -0.362. The van der Waals surface area contributed by atoms with Crippen molar-refractivity contribution in [2.75, 3.05) is 11.4 Å². The molecule has 4 aromatic rings. The molecule has 2 amide bonds. The molecule has 0 saturated heterocycles. The Hall–Kier alpha value is -3.53. The second kappa shape index (κ2) is 10.7. The molecular weight excluding hydrogens is 466 g/mol. The number of aromatic nitrogens is 1. The van der Waals surface area contributed by atoms with E-state index in [2.05, 4.69) is 111 Å². The van der Waals surface area contributed by atoms with Gasteiger partial charge in [0.05, 0.1) is 5.69 Å². The predicted octanol–water partition coefficient (Wildman–Crippen LogP) is 8.33. The van der Waals surface area contributed by atoms with E-state index in [4.69, 9.17) is 5.73 Å². The van der Waals surface area contributed by atoms with E-state index >= 15 is 0 Å². The highest BCUT2D eigenvalue weighted by atomic mass is 16.2. The number of urea groups is 1. The summed E-state index contributed by atoms with van der Waals surface area (Å²) in [5, 5.41) is 1.29. The molecule has 3 aromatic carbocycles. The van der Waals surface area contributed by atoms with Crippen LogP contribution < -0.4 is 10.6 Å². The molecule has 1 aliphatic carbocycles. The van der Waals surface area contributed by atoms with Crippen molar-refractivity contribution in [3.8, 4) is 0 Å². The zero-order valence-corrected chi connectivity index (χ0v) is 23.3. The summed E-state index contributed by atoms with van der Waals surface area (Å²) < 4.78 is 2.39. The Morgan fingerprint density at radius 2 is 1.47 bits per heavy atom. The van der Waals surface area contributed by atoms with E-state index in [1.807, 2.05) is 4.90 Å². The number of hydrogen-bond donors (Lipinski definition) is 1. The first-order valence-corrected chi connectivity index (χ1v) is 14.1. The molecule has 1 aliphatic rings. The molecule has 5 rings (SSSR count). The summed E-state index contributed by atoms with van der Waals surface area (Å²) in [4.78, 5) is 15.2. The molecule has 0 radical (unpaired) electrons. The number of primary amides is 1. The van der Waals surface area contributed by atoms with Crippen LogP contribution in [0.2, 0.25) is 0 Å². The normalized spacial score (nSPS) is 15.0. The molecule has 4 nitrogen and oxygen atoms in total. The Morgan fingerprint density at radius 1 is 0.868 bits per heavy atom. The van der Waals surface area contributed by atoms with Gasteiger partial charge in [0.1, 0.15) is 0 Å². The average molecular weight is 508 g/mol. The van der Waals surface area contributed by atoms with Gasteiger partial charge in [-0.05, 0) is 53.0 Å². The number of amides is 2. The third-order valence-electron chi connectivity index (χ3n) is 8.46. The van der Waals surface area contributed by atoms with Crippen LogP contribution in [0.3, 0.4) is 0 Å². The summed E-state index contributed by atoms with van der Waals surface area (Å²) in [6.45, 7) is 10.2. The molecule has 0 atom stereocenters. The van der Waals surface area contributed by atoms with Crippen molar-refractivity contribution in [2.24, 2.45) is 5.73 Å². The molecule has 2 N–H and O–H groups in total. The number of anilines is 1. The summed E-state index contributed by atoms with van der Waals surface area (Å²) >= 11 is 0. The van der Waals surface area contributed by atoms with Gasteiger partial charge in [0.25, 0.3) is 0 Å². The SMILES string of the molecule is CC(C)c1cccc(C(C)C)c1N(CC1(c2cn(Cc3ccccc3)c3ccccc23)CCCC1)C(N)=O. The molecule has 1 heterocycles. The van der Waals surface area contributed by atoms with Gasteiger partial charge in [0.2, 0.25) is 0 Å². The van der Waals surface area contributed by atoms with Gasteiger partial charge in [-0.1, -0.05) is 107 Å². The Morgan fingerprint density at radius 3 is 2.08 bits per heavy atom. The minimum Gasteiger partial charge on any atom is -0.351 e. The maximum absolute atomic E-state index is 13.3. The van der Waals surface area contributed by atoms with Gasteiger partial charge >= 0.3 is 6.03 Å². The predicted molar refractivity (Wildman–Crippen MR) is 159 cm³/mol. The fourth-order valence-corrected chi connectivity index (χ4v) is 6.54. The van der Waals surface area contributed by atoms with Gasteiger partial charge in [0.15, 0.2) is 0 Å². The van der Waals surface area contributed by atoms with Crippen LogP contribution in [0.25, 0.3) is 10.9 Å². The van der Waals surface area contributed by atoms with Gasteiger partial charge in [-0.2, -0.15) is 0 Å². The van der Waals surface area contributed by atoms with E-state index < -0.39 is 0 Å². The van der Waals surface area contributed by atoms with E-state index in [-0.39, 0.29) is 23.3 Å². The molecule has 4 heteroatoms. The first kappa shape index (κ1) is 26.1. The summed E-state index contributed by atoms with van der Waals surface area (Å²) in [7, 11) is 0. The first-order valence-electron chi connectivity index (χ1n) is 14.1. The van der Waals surface area contributed by atoms with Gasteiger partial charge < -0.3 is 10.3 Å². The molecular formula is C34H41N3O. The van der Waals surface area contributed by atoms with E-state index in [9.17, 15) is 4.79 Å². The summed E-state index contributed by atoms with van der Waals surface area (Å²) in [6, 6.07) is 25.5. The van der Waals surface area contributed by atoms with E-state index in [0.717, 1.165) is 37.9 Å². The molecule has 1 fully saturated rings. The van der Waals surface area contributed by atoms with Crippen molar-refractivity contribution < 1.29 is 4.79 Å². The lowest BCUT2D eigenvalue weighted by molar-refractivity contribution is 0.251. The number of nitrogens with zero attached hydrogens (tertiary/aromatic N) is 2. The van der Waals surface area contributed by atoms with E-state index in [0.29, 0.717) is 6.54 Å². The Bertz CT molecular complexity index is 1380. The lowest BCUT2D eigenvalue weighted by Crippen LogP contribution is -2.46. The smallest absolute Gasteiger partial charge is 0.319 e. The highest BCUT2D eigenvalue weighted by molar-refractivity contribution is 5.94. The first-order chi connectivity index (χ1) is 18.3. The molecule has 0 spiro atoms.